The first-order valence-corrected chi connectivity index (χ1v) is 19.3. The van der Waals surface area contributed by atoms with Gasteiger partial charge in [0.25, 0.3) is 0 Å². The molecule has 0 heterocycles. The third-order valence-corrected chi connectivity index (χ3v) is 8.84. The zero-order valence-corrected chi connectivity index (χ0v) is 30.8. The molecule has 0 saturated heterocycles. The normalized spacial score (nSPS) is 12.1. The van der Waals surface area contributed by atoms with Gasteiger partial charge in [-0.15, -0.1) is 0 Å². The molecule has 0 radical (unpaired) electrons. The van der Waals surface area contributed by atoms with Crippen LogP contribution in [0.3, 0.4) is 0 Å². The topological polar surface area (TPSA) is 24.7 Å². The molecule has 2 aromatic carbocycles. The minimum Gasteiger partial charge on any atom is -0.251 e. The Morgan fingerprint density at radius 3 is 1.24 bits per heavy atom. The Labute approximate surface area is 295 Å². The Hall–Kier alpha value is -1.99. The van der Waals surface area contributed by atoms with E-state index in [-0.39, 0.29) is 16.5 Å². The smallest absolute Gasteiger partial charge is 0.0848 e. The van der Waals surface area contributed by atoms with Crippen molar-refractivity contribution in [3.8, 4) is 0 Å². The second kappa shape index (κ2) is 31.6. The Bertz CT molecular complexity index is 1010. The molecule has 0 saturated carbocycles. The van der Waals surface area contributed by atoms with Crippen LogP contribution in [0.15, 0.2) is 82.8 Å². The number of hydrogen-bond acceptors (Lipinski definition) is 2. The van der Waals surface area contributed by atoms with Crippen molar-refractivity contribution < 1.29 is 16.5 Å². The van der Waals surface area contributed by atoms with E-state index in [1.807, 2.05) is 12.1 Å². The molecule has 0 N–H and O–H groups in total. The maximum Gasteiger partial charge on any atom is 0.0848 e. The van der Waals surface area contributed by atoms with Gasteiger partial charge in [-0.3, -0.25) is 4.99 Å². The van der Waals surface area contributed by atoms with Gasteiger partial charge in [0, 0.05) is 16.5 Å². The Morgan fingerprint density at radius 1 is 0.457 bits per heavy atom. The summed E-state index contributed by atoms with van der Waals surface area (Å²) in [6, 6.07) is 20.6. The average Bonchev–Trinajstić information content (AvgIpc) is 3.07. The van der Waals surface area contributed by atoms with Crippen LogP contribution in [0.2, 0.25) is 0 Å². The standard InChI is InChI=1S/C43H68N2.Ni/c1-3-5-7-8-9-10-11-12-13-14-15-16-17-18-19-20-21-22-23-24-25-26-33-39-43(45-41-36-31-28-32-37-41)42(38-6-4-2)44-40-34-29-27-30-35-40;/h27-37,39H,3-26,38H2,1-2H3;/b39-33+,44-42?,45-43?;. The second-order valence-electron chi connectivity index (χ2n) is 13.1. The predicted molar refractivity (Wildman–Crippen MR) is 203 cm³/mol. The molecule has 0 aliphatic heterocycles. The quantitative estimate of drug-likeness (QED) is 0.0467. The van der Waals surface area contributed by atoms with Gasteiger partial charge in [0.05, 0.1) is 22.8 Å². The Balaban J connectivity index is 0.0000106. The summed E-state index contributed by atoms with van der Waals surface area (Å²) in [4.78, 5) is 10.1. The molecule has 3 heteroatoms. The molecule has 2 nitrogen and oxygen atoms in total. The molecular formula is C43H68N2Ni. The largest absolute Gasteiger partial charge is 0.251 e. The van der Waals surface area contributed by atoms with Gasteiger partial charge < -0.3 is 0 Å². The average molecular weight is 672 g/mol. The van der Waals surface area contributed by atoms with Crippen LogP contribution in [0, 0.1) is 0 Å². The number of rotatable bonds is 29. The number of nitrogens with zero attached hydrogens (tertiary/aromatic N) is 2. The van der Waals surface area contributed by atoms with E-state index < -0.39 is 0 Å². The molecule has 260 valence electrons. The Kier molecular flexibility index (Phi) is 28.9. The molecule has 2 aromatic rings. The van der Waals surface area contributed by atoms with E-state index in [2.05, 4.69) is 74.5 Å². The van der Waals surface area contributed by atoms with E-state index in [0.717, 1.165) is 48.5 Å². The third kappa shape index (κ3) is 23.4. The number of hydrogen-bond donors (Lipinski definition) is 0. The van der Waals surface area contributed by atoms with Crippen LogP contribution >= 0.6 is 0 Å². The van der Waals surface area contributed by atoms with Crippen molar-refractivity contribution >= 4 is 22.8 Å². The van der Waals surface area contributed by atoms with Gasteiger partial charge in [0.1, 0.15) is 0 Å². The van der Waals surface area contributed by atoms with Crippen molar-refractivity contribution in [2.24, 2.45) is 9.98 Å². The fourth-order valence-corrected chi connectivity index (χ4v) is 5.97. The van der Waals surface area contributed by atoms with Crippen LogP contribution in [0.4, 0.5) is 11.4 Å². The van der Waals surface area contributed by atoms with Crippen molar-refractivity contribution in [1.82, 2.24) is 0 Å². The summed E-state index contributed by atoms with van der Waals surface area (Å²) in [5.74, 6) is 0. The van der Waals surface area contributed by atoms with E-state index in [9.17, 15) is 0 Å². The monoisotopic (exact) mass is 670 g/mol. The number of benzene rings is 2. The number of para-hydroxylation sites is 2. The number of unbranched alkanes of at least 4 members (excludes halogenated alkanes) is 22. The molecular weight excluding hydrogens is 603 g/mol. The molecule has 0 aliphatic rings. The van der Waals surface area contributed by atoms with Crippen LogP contribution in [0.25, 0.3) is 0 Å². The van der Waals surface area contributed by atoms with Crippen LogP contribution in [0.1, 0.15) is 174 Å². The van der Waals surface area contributed by atoms with Crippen molar-refractivity contribution in [2.75, 3.05) is 0 Å². The van der Waals surface area contributed by atoms with Crippen molar-refractivity contribution in [3.63, 3.8) is 0 Å². The first kappa shape index (κ1) is 42.0. The molecule has 0 amide bonds. The van der Waals surface area contributed by atoms with Crippen LogP contribution in [-0.2, 0) is 16.5 Å². The number of allylic oxidation sites excluding steroid dienone is 2. The molecule has 0 aromatic heterocycles. The Morgan fingerprint density at radius 2 is 0.826 bits per heavy atom. The molecule has 0 atom stereocenters. The zero-order chi connectivity index (χ0) is 31.9. The molecule has 0 fully saturated rings. The minimum atomic E-state index is 0. The van der Waals surface area contributed by atoms with Crippen molar-refractivity contribution in [2.45, 2.75) is 174 Å². The van der Waals surface area contributed by atoms with Gasteiger partial charge in [0.2, 0.25) is 0 Å². The summed E-state index contributed by atoms with van der Waals surface area (Å²) in [7, 11) is 0. The van der Waals surface area contributed by atoms with E-state index in [4.69, 9.17) is 9.98 Å². The summed E-state index contributed by atoms with van der Waals surface area (Å²) >= 11 is 0. The SMILES string of the molecule is CCCCCCCCCCCCCCCCCCCCCCC/C=C/C(=Nc1ccccc1)C(CCCC)=Nc1ccccc1.[Ni]. The maximum atomic E-state index is 5.04. The van der Waals surface area contributed by atoms with Crippen LogP contribution < -0.4 is 0 Å². The van der Waals surface area contributed by atoms with E-state index in [0.29, 0.717) is 0 Å². The van der Waals surface area contributed by atoms with Gasteiger partial charge >= 0.3 is 0 Å². The maximum absolute atomic E-state index is 5.04. The predicted octanol–water partition coefficient (Wildman–Crippen LogP) is 14.9. The second-order valence-corrected chi connectivity index (χ2v) is 13.1. The van der Waals surface area contributed by atoms with Gasteiger partial charge in [-0.1, -0.05) is 191 Å². The molecule has 0 unspecified atom stereocenters. The van der Waals surface area contributed by atoms with Crippen LogP contribution in [-0.4, -0.2) is 11.4 Å². The molecule has 46 heavy (non-hydrogen) atoms. The summed E-state index contributed by atoms with van der Waals surface area (Å²) in [5, 5.41) is 0. The van der Waals surface area contributed by atoms with Crippen LogP contribution in [0.5, 0.6) is 0 Å². The van der Waals surface area contributed by atoms with E-state index >= 15 is 0 Å². The van der Waals surface area contributed by atoms with Crippen molar-refractivity contribution in [3.05, 3.63) is 72.8 Å². The minimum absolute atomic E-state index is 0. The zero-order valence-electron chi connectivity index (χ0n) is 29.8. The summed E-state index contributed by atoms with van der Waals surface area (Å²) in [6.45, 7) is 4.54. The first-order chi connectivity index (χ1) is 22.3. The molecule has 2 rings (SSSR count). The van der Waals surface area contributed by atoms with Gasteiger partial charge in [-0.2, -0.15) is 0 Å². The molecule has 0 aliphatic carbocycles. The fourth-order valence-electron chi connectivity index (χ4n) is 5.97. The number of aliphatic imine (C=N–C) groups is 2. The van der Waals surface area contributed by atoms with Gasteiger partial charge in [0.15, 0.2) is 0 Å². The molecule has 0 bridgehead atoms. The van der Waals surface area contributed by atoms with Gasteiger partial charge in [-0.25, -0.2) is 4.99 Å². The fraction of sp³-hybridized carbons (Fsp3) is 0.628. The first-order valence-electron chi connectivity index (χ1n) is 19.3. The van der Waals surface area contributed by atoms with E-state index in [1.54, 1.807) is 0 Å². The summed E-state index contributed by atoms with van der Waals surface area (Å²) in [6.07, 6.45) is 38.8. The third-order valence-electron chi connectivity index (χ3n) is 8.84. The molecule has 0 spiro atoms. The summed E-state index contributed by atoms with van der Waals surface area (Å²) < 4.78 is 0. The van der Waals surface area contributed by atoms with E-state index in [1.165, 1.54) is 135 Å². The summed E-state index contributed by atoms with van der Waals surface area (Å²) in [5.41, 5.74) is 4.08. The van der Waals surface area contributed by atoms with Gasteiger partial charge in [-0.05, 0) is 56.0 Å². The van der Waals surface area contributed by atoms with Crippen molar-refractivity contribution in [1.29, 1.82) is 0 Å².